The van der Waals surface area contributed by atoms with E-state index in [0.717, 1.165) is 6.20 Å². The molecule has 1 fully saturated rings. The van der Waals surface area contributed by atoms with Gasteiger partial charge in [0.2, 0.25) is 10.0 Å². The molecule has 6 nitrogen and oxygen atoms in total. The third-order valence-electron chi connectivity index (χ3n) is 4.02. The summed E-state index contributed by atoms with van der Waals surface area (Å²) in [5.74, 6) is -0.752. The molecule has 0 radical (unpaired) electrons. The normalized spacial score (nSPS) is 19.8. The summed E-state index contributed by atoms with van der Waals surface area (Å²) in [4.78, 5) is 13.9. The summed E-state index contributed by atoms with van der Waals surface area (Å²) in [6.45, 7) is 0.703. The van der Waals surface area contributed by atoms with E-state index in [9.17, 15) is 17.6 Å². The molecule has 0 unspecified atom stereocenters. The summed E-state index contributed by atoms with van der Waals surface area (Å²) in [7, 11) is -2.07. The molecule has 2 N–H and O–H groups in total. The standard InChI is InChI=1S/C14H16FN3O3S/c1-16-9-5-6-18(8-9)22(20,21)12-4-2-3-10-13(12)11(15)7-17-14(10)19/h2-4,7,9,16H,5-6,8H2,1H3,(H,17,19)/t9-/m0/s1. The lowest BCUT2D eigenvalue weighted by molar-refractivity contribution is 0.465. The van der Waals surface area contributed by atoms with Crippen molar-refractivity contribution in [1.29, 1.82) is 0 Å². The SMILES string of the molecule is CN[C@H]1CCN(S(=O)(=O)c2cccc3c(=O)[nH]cc(F)c23)C1. The molecule has 1 aromatic heterocycles. The number of fused-ring (bicyclic) bond motifs is 1. The molecule has 3 rings (SSSR count). The fraction of sp³-hybridized carbons (Fsp3) is 0.357. The first-order valence-corrected chi connectivity index (χ1v) is 8.36. The second kappa shape index (κ2) is 5.45. The van der Waals surface area contributed by atoms with Crippen LogP contribution in [0, 0.1) is 5.82 Å². The molecule has 2 heterocycles. The van der Waals surface area contributed by atoms with E-state index in [0.29, 0.717) is 19.5 Å². The summed E-state index contributed by atoms with van der Waals surface area (Å²) < 4.78 is 41.0. The number of aromatic amines is 1. The van der Waals surface area contributed by atoms with E-state index in [1.54, 1.807) is 7.05 Å². The number of hydrogen-bond donors (Lipinski definition) is 2. The molecule has 118 valence electrons. The highest BCUT2D eigenvalue weighted by atomic mass is 32.2. The maximum absolute atomic E-state index is 14.1. The number of H-pyrrole nitrogens is 1. The third-order valence-corrected chi connectivity index (χ3v) is 5.92. The zero-order chi connectivity index (χ0) is 15.9. The molecule has 0 spiro atoms. The van der Waals surface area contributed by atoms with E-state index in [1.165, 1.54) is 22.5 Å². The number of nitrogens with zero attached hydrogens (tertiary/aromatic N) is 1. The van der Waals surface area contributed by atoms with Crippen LogP contribution in [0.4, 0.5) is 4.39 Å². The molecule has 1 aliphatic rings. The van der Waals surface area contributed by atoms with Crippen LogP contribution < -0.4 is 10.9 Å². The Morgan fingerprint density at radius 1 is 1.41 bits per heavy atom. The minimum absolute atomic E-state index is 0.0328. The van der Waals surface area contributed by atoms with E-state index in [1.807, 2.05) is 0 Å². The number of pyridine rings is 1. The summed E-state index contributed by atoms with van der Waals surface area (Å²) in [6.07, 6.45) is 1.59. The van der Waals surface area contributed by atoms with Crippen molar-refractivity contribution in [3.63, 3.8) is 0 Å². The Balaban J connectivity index is 2.18. The Morgan fingerprint density at radius 2 is 2.18 bits per heavy atom. The van der Waals surface area contributed by atoms with Crippen LogP contribution in [0.1, 0.15) is 6.42 Å². The van der Waals surface area contributed by atoms with Gasteiger partial charge in [0.1, 0.15) is 5.82 Å². The number of hydrogen-bond acceptors (Lipinski definition) is 4. The van der Waals surface area contributed by atoms with Gasteiger partial charge in [-0.2, -0.15) is 4.31 Å². The van der Waals surface area contributed by atoms with E-state index in [2.05, 4.69) is 10.3 Å². The smallest absolute Gasteiger partial charge is 0.256 e. The number of benzene rings is 1. The van der Waals surface area contributed by atoms with Gasteiger partial charge in [-0.1, -0.05) is 6.07 Å². The highest BCUT2D eigenvalue weighted by Gasteiger charge is 2.33. The molecular weight excluding hydrogens is 309 g/mol. The van der Waals surface area contributed by atoms with Crippen molar-refractivity contribution in [2.75, 3.05) is 20.1 Å². The van der Waals surface area contributed by atoms with Crippen LogP contribution in [-0.4, -0.2) is 43.9 Å². The number of halogens is 1. The predicted octanol–water partition coefficient (Wildman–Crippen LogP) is 0.650. The van der Waals surface area contributed by atoms with Crippen molar-refractivity contribution in [2.45, 2.75) is 17.4 Å². The predicted molar refractivity (Wildman–Crippen MR) is 80.8 cm³/mol. The van der Waals surface area contributed by atoms with Gasteiger partial charge in [0.15, 0.2) is 0 Å². The van der Waals surface area contributed by atoms with Crippen LogP contribution in [0.15, 0.2) is 34.1 Å². The van der Waals surface area contributed by atoms with Crippen molar-refractivity contribution in [3.8, 4) is 0 Å². The number of aromatic nitrogens is 1. The fourth-order valence-electron chi connectivity index (χ4n) is 2.78. The fourth-order valence-corrected chi connectivity index (χ4v) is 4.50. The highest BCUT2D eigenvalue weighted by Crippen LogP contribution is 2.28. The van der Waals surface area contributed by atoms with Crippen molar-refractivity contribution < 1.29 is 12.8 Å². The molecule has 1 aromatic carbocycles. The Hall–Kier alpha value is -1.77. The monoisotopic (exact) mass is 325 g/mol. The van der Waals surface area contributed by atoms with Gasteiger partial charge in [-0.15, -0.1) is 0 Å². The molecule has 0 bridgehead atoms. The Bertz CT molecular complexity index is 879. The van der Waals surface area contributed by atoms with Crippen LogP contribution in [0.3, 0.4) is 0 Å². The van der Waals surface area contributed by atoms with Crippen LogP contribution in [0.2, 0.25) is 0 Å². The van der Waals surface area contributed by atoms with Gasteiger partial charge in [0.05, 0.1) is 10.3 Å². The highest BCUT2D eigenvalue weighted by molar-refractivity contribution is 7.89. The van der Waals surface area contributed by atoms with Gasteiger partial charge in [-0.05, 0) is 25.6 Å². The van der Waals surface area contributed by atoms with Gasteiger partial charge in [-0.3, -0.25) is 4.79 Å². The van der Waals surface area contributed by atoms with E-state index in [4.69, 9.17) is 0 Å². The topological polar surface area (TPSA) is 82.3 Å². The molecule has 2 aromatic rings. The van der Waals surface area contributed by atoms with E-state index >= 15 is 0 Å². The van der Waals surface area contributed by atoms with Crippen molar-refractivity contribution >= 4 is 20.8 Å². The van der Waals surface area contributed by atoms with E-state index in [-0.39, 0.29) is 21.7 Å². The second-order valence-electron chi connectivity index (χ2n) is 5.28. The molecule has 8 heteroatoms. The maximum Gasteiger partial charge on any atom is 0.256 e. The Morgan fingerprint density at radius 3 is 2.86 bits per heavy atom. The van der Waals surface area contributed by atoms with Crippen LogP contribution in [-0.2, 0) is 10.0 Å². The van der Waals surface area contributed by atoms with Crippen LogP contribution in [0.25, 0.3) is 10.8 Å². The summed E-state index contributed by atoms with van der Waals surface area (Å²) in [5, 5.41) is 2.92. The average molecular weight is 325 g/mol. The van der Waals surface area contributed by atoms with Gasteiger partial charge in [0.25, 0.3) is 5.56 Å². The number of sulfonamides is 1. The van der Waals surface area contributed by atoms with Gasteiger partial charge in [-0.25, -0.2) is 12.8 Å². The minimum Gasteiger partial charge on any atom is -0.326 e. The number of nitrogens with one attached hydrogen (secondary N) is 2. The number of rotatable bonds is 3. The van der Waals surface area contributed by atoms with Crippen LogP contribution >= 0.6 is 0 Å². The lowest BCUT2D eigenvalue weighted by Crippen LogP contribution is -2.33. The zero-order valence-electron chi connectivity index (χ0n) is 12.0. The second-order valence-corrected chi connectivity index (χ2v) is 7.19. The summed E-state index contributed by atoms with van der Waals surface area (Å²) in [6, 6.07) is 4.29. The van der Waals surface area contributed by atoms with Gasteiger partial charge in [0, 0.05) is 30.7 Å². The Kier molecular flexibility index (Phi) is 3.75. The molecule has 0 saturated carbocycles. The molecule has 22 heavy (non-hydrogen) atoms. The molecule has 1 aliphatic heterocycles. The van der Waals surface area contributed by atoms with Crippen molar-refractivity contribution in [2.24, 2.45) is 0 Å². The largest absolute Gasteiger partial charge is 0.326 e. The summed E-state index contributed by atoms with van der Waals surface area (Å²) >= 11 is 0. The zero-order valence-corrected chi connectivity index (χ0v) is 12.8. The Labute approximate surface area is 127 Å². The summed E-state index contributed by atoms with van der Waals surface area (Å²) in [5.41, 5.74) is -0.511. The first-order valence-electron chi connectivity index (χ1n) is 6.92. The van der Waals surface area contributed by atoms with E-state index < -0.39 is 21.4 Å². The third kappa shape index (κ3) is 2.33. The van der Waals surface area contributed by atoms with Crippen molar-refractivity contribution in [1.82, 2.24) is 14.6 Å². The molecule has 0 amide bonds. The van der Waals surface area contributed by atoms with Gasteiger partial charge >= 0.3 is 0 Å². The first kappa shape index (κ1) is 15.1. The molecule has 1 saturated heterocycles. The molecule has 1 atom stereocenters. The first-order chi connectivity index (χ1) is 10.4. The van der Waals surface area contributed by atoms with Crippen molar-refractivity contribution in [3.05, 3.63) is 40.6 Å². The average Bonchev–Trinajstić information content (AvgIpc) is 3.00. The lowest BCUT2D eigenvalue weighted by atomic mass is 10.2. The lowest BCUT2D eigenvalue weighted by Gasteiger charge is -2.18. The molecular formula is C14H16FN3O3S. The quantitative estimate of drug-likeness (QED) is 0.868. The maximum atomic E-state index is 14.1. The van der Waals surface area contributed by atoms with Crippen LogP contribution in [0.5, 0.6) is 0 Å². The molecule has 0 aliphatic carbocycles. The minimum atomic E-state index is -3.85. The number of likely N-dealkylation sites (N-methyl/N-ethyl adjacent to an activating group) is 1. The van der Waals surface area contributed by atoms with Gasteiger partial charge < -0.3 is 10.3 Å².